The van der Waals surface area contributed by atoms with E-state index in [1.807, 2.05) is 0 Å². The van der Waals surface area contributed by atoms with Crippen LogP contribution in [0.15, 0.2) is 0 Å². The highest BCUT2D eigenvalue weighted by atomic mass is 14.4. The fraction of sp³-hybridized carbons (Fsp3) is 1.00. The van der Waals surface area contributed by atoms with Crippen LogP contribution in [0.2, 0.25) is 0 Å². The van der Waals surface area contributed by atoms with Crippen LogP contribution in [0.5, 0.6) is 0 Å². The van der Waals surface area contributed by atoms with Gasteiger partial charge in [0.25, 0.3) is 0 Å². The van der Waals surface area contributed by atoms with E-state index in [1.54, 1.807) is 19.3 Å². The van der Waals surface area contributed by atoms with E-state index in [2.05, 4.69) is 6.92 Å². The van der Waals surface area contributed by atoms with Crippen LogP contribution in [-0.2, 0) is 0 Å². The van der Waals surface area contributed by atoms with E-state index >= 15 is 0 Å². The molecular weight excluding hydrogens is 144 g/mol. The van der Waals surface area contributed by atoms with E-state index in [0.717, 1.165) is 17.8 Å². The van der Waals surface area contributed by atoms with Gasteiger partial charge in [-0.1, -0.05) is 51.9 Å². The zero-order valence-electron chi connectivity index (χ0n) is 8.39. The highest BCUT2D eigenvalue weighted by Gasteiger charge is 2.30. The Morgan fingerprint density at radius 3 is 2.00 bits per heavy atom. The van der Waals surface area contributed by atoms with Gasteiger partial charge in [-0.2, -0.15) is 0 Å². The van der Waals surface area contributed by atoms with Crippen molar-refractivity contribution in [1.82, 2.24) is 0 Å². The summed E-state index contributed by atoms with van der Waals surface area (Å²) >= 11 is 0. The molecule has 0 spiro atoms. The average Bonchev–Trinajstić information content (AvgIpc) is 2.57. The third-order valence-corrected chi connectivity index (χ3v) is 4.18. The maximum Gasteiger partial charge on any atom is -0.0360 e. The molecule has 2 atom stereocenters. The van der Waals surface area contributed by atoms with Gasteiger partial charge in [0.2, 0.25) is 0 Å². The molecule has 12 heavy (non-hydrogen) atoms. The predicted octanol–water partition coefficient (Wildman–Crippen LogP) is 4.00. The van der Waals surface area contributed by atoms with Crippen molar-refractivity contribution in [3.05, 3.63) is 0 Å². The Balaban J connectivity index is 1.91. The van der Waals surface area contributed by atoms with Gasteiger partial charge in [-0.3, -0.25) is 0 Å². The number of hydrogen-bond donors (Lipinski definition) is 0. The third kappa shape index (κ3) is 1.67. The summed E-state index contributed by atoms with van der Waals surface area (Å²) < 4.78 is 0. The van der Waals surface area contributed by atoms with E-state index in [-0.39, 0.29) is 0 Å². The lowest BCUT2D eigenvalue weighted by atomic mass is 9.73. The van der Waals surface area contributed by atoms with E-state index < -0.39 is 0 Å². The Hall–Kier alpha value is 0. The number of hydrogen-bond acceptors (Lipinski definition) is 0. The molecule has 0 amide bonds. The molecule has 1 unspecified atom stereocenters. The van der Waals surface area contributed by atoms with Crippen LogP contribution in [0.1, 0.15) is 58.3 Å². The Morgan fingerprint density at radius 1 is 0.750 bits per heavy atom. The predicted molar refractivity (Wildman–Crippen MR) is 53.1 cm³/mol. The lowest BCUT2D eigenvalue weighted by Crippen LogP contribution is -2.23. The van der Waals surface area contributed by atoms with Crippen molar-refractivity contribution in [3.63, 3.8) is 0 Å². The summed E-state index contributed by atoms with van der Waals surface area (Å²) in [6, 6.07) is 0. The van der Waals surface area contributed by atoms with Gasteiger partial charge in [-0.15, -0.1) is 0 Å². The number of rotatable bonds is 1. The van der Waals surface area contributed by atoms with Crippen LogP contribution < -0.4 is 0 Å². The largest absolute Gasteiger partial charge is 0.0622 e. The summed E-state index contributed by atoms with van der Waals surface area (Å²) in [6.45, 7) is 2.49. The fourth-order valence-corrected chi connectivity index (χ4v) is 3.43. The molecule has 0 heterocycles. The molecule has 0 heteroatoms. The molecular formula is C12H22. The van der Waals surface area contributed by atoms with Gasteiger partial charge in [-0.25, -0.2) is 0 Å². The van der Waals surface area contributed by atoms with E-state index in [9.17, 15) is 0 Å². The Labute approximate surface area is 76.7 Å². The van der Waals surface area contributed by atoms with Crippen LogP contribution in [0, 0.1) is 17.8 Å². The molecule has 0 aliphatic heterocycles. The minimum absolute atomic E-state index is 1.04. The minimum Gasteiger partial charge on any atom is -0.0622 e. The molecule has 0 aromatic heterocycles. The molecule has 2 aliphatic carbocycles. The van der Waals surface area contributed by atoms with Gasteiger partial charge in [0.05, 0.1) is 0 Å². The molecule has 0 radical (unpaired) electrons. The van der Waals surface area contributed by atoms with Crippen LogP contribution in [-0.4, -0.2) is 0 Å². The maximum atomic E-state index is 2.49. The monoisotopic (exact) mass is 166 g/mol. The van der Waals surface area contributed by atoms with Crippen molar-refractivity contribution in [1.29, 1.82) is 0 Å². The summed E-state index contributed by atoms with van der Waals surface area (Å²) in [7, 11) is 0. The quantitative estimate of drug-likeness (QED) is 0.552. The first-order valence-electron chi connectivity index (χ1n) is 5.88. The topological polar surface area (TPSA) is 0 Å². The van der Waals surface area contributed by atoms with E-state index in [1.165, 1.54) is 32.1 Å². The normalized spacial score (nSPS) is 38.8. The van der Waals surface area contributed by atoms with Gasteiger partial charge in [0, 0.05) is 0 Å². The SMILES string of the molecule is C[C@H]1CCCCC1C1CCCC1. The molecule has 0 aromatic carbocycles. The molecule has 2 rings (SSSR count). The molecule has 0 nitrogen and oxygen atoms in total. The van der Waals surface area contributed by atoms with Gasteiger partial charge in [0.1, 0.15) is 0 Å². The molecule has 0 aromatic rings. The van der Waals surface area contributed by atoms with Crippen molar-refractivity contribution < 1.29 is 0 Å². The van der Waals surface area contributed by atoms with Crippen LogP contribution in [0.4, 0.5) is 0 Å². The van der Waals surface area contributed by atoms with Gasteiger partial charge in [-0.05, 0) is 24.2 Å². The minimum atomic E-state index is 1.04. The van der Waals surface area contributed by atoms with Gasteiger partial charge < -0.3 is 0 Å². The summed E-state index contributed by atoms with van der Waals surface area (Å²) in [4.78, 5) is 0. The highest BCUT2D eigenvalue weighted by Crippen LogP contribution is 2.42. The second-order valence-corrected chi connectivity index (χ2v) is 4.97. The Bertz CT molecular complexity index is 133. The lowest BCUT2D eigenvalue weighted by Gasteiger charge is -2.33. The average molecular weight is 166 g/mol. The summed E-state index contributed by atoms with van der Waals surface area (Å²) in [5.74, 6) is 3.28. The van der Waals surface area contributed by atoms with E-state index in [4.69, 9.17) is 0 Å². The molecule has 2 saturated carbocycles. The smallest absolute Gasteiger partial charge is 0.0360 e. The van der Waals surface area contributed by atoms with Crippen LogP contribution in [0.3, 0.4) is 0 Å². The standard InChI is InChI=1S/C12H22/c1-10-6-2-5-9-12(10)11-7-3-4-8-11/h10-12H,2-9H2,1H3/t10-,12?/m0/s1. The van der Waals surface area contributed by atoms with Crippen LogP contribution in [0.25, 0.3) is 0 Å². The molecule has 0 bridgehead atoms. The molecule has 2 aliphatic rings. The molecule has 0 saturated heterocycles. The second kappa shape index (κ2) is 3.81. The first-order valence-corrected chi connectivity index (χ1v) is 5.88. The van der Waals surface area contributed by atoms with E-state index in [0.29, 0.717) is 0 Å². The summed E-state index contributed by atoms with van der Waals surface area (Å²) in [6.07, 6.45) is 12.2. The first-order chi connectivity index (χ1) is 5.88. The zero-order chi connectivity index (χ0) is 8.39. The molecule has 2 fully saturated rings. The van der Waals surface area contributed by atoms with Crippen molar-refractivity contribution in [2.45, 2.75) is 58.3 Å². The molecule has 0 N–H and O–H groups in total. The molecule has 70 valence electrons. The maximum absolute atomic E-state index is 2.49. The van der Waals surface area contributed by atoms with Crippen molar-refractivity contribution in [2.24, 2.45) is 17.8 Å². The summed E-state index contributed by atoms with van der Waals surface area (Å²) in [5.41, 5.74) is 0. The van der Waals surface area contributed by atoms with Crippen LogP contribution >= 0.6 is 0 Å². The van der Waals surface area contributed by atoms with Crippen molar-refractivity contribution in [3.8, 4) is 0 Å². The Morgan fingerprint density at radius 2 is 1.33 bits per heavy atom. The Kier molecular flexibility index (Phi) is 2.73. The zero-order valence-corrected chi connectivity index (χ0v) is 8.39. The lowest BCUT2D eigenvalue weighted by molar-refractivity contribution is 0.176. The first kappa shape index (κ1) is 8.59. The fourth-order valence-electron chi connectivity index (χ4n) is 3.43. The third-order valence-electron chi connectivity index (χ3n) is 4.18. The van der Waals surface area contributed by atoms with Gasteiger partial charge in [0.15, 0.2) is 0 Å². The highest BCUT2D eigenvalue weighted by molar-refractivity contribution is 4.81. The van der Waals surface area contributed by atoms with Crippen molar-refractivity contribution >= 4 is 0 Å². The summed E-state index contributed by atoms with van der Waals surface area (Å²) in [5, 5.41) is 0. The second-order valence-electron chi connectivity index (χ2n) is 4.97. The van der Waals surface area contributed by atoms with Crippen molar-refractivity contribution in [2.75, 3.05) is 0 Å². The van der Waals surface area contributed by atoms with Gasteiger partial charge >= 0.3 is 0 Å².